The Balaban J connectivity index is 2.37. The third-order valence-electron chi connectivity index (χ3n) is 2.48. The second-order valence-corrected chi connectivity index (χ2v) is 3.29. The van der Waals surface area contributed by atoms with E-state index in [1.165, 1.54) is 25.8 Å². The maximum Gasteiger partial charge on any atom is 0.0275 e. The highest BCUT2D eigenvalue weighted by molar-refractivity contribution is 4.93. The van der Waals surface area contributed by atoms with E-state index in [1.807, 2.05) is 0 Å². The summed E-state index contributed by atoms with van der Waals surface area (Å²) >= 11 is 0. The van der Waals surface area contributed by atoms with Gasteiger partial charge in [0.1, 0.15) is 0 Å². The van der Waals surface area contributed by atoms with E-state index in [2.05, 4.69) is 23.5 Å². The first-order valence-electron chi connectivity index (χ1n) is 4.68. The van der Waals surface area contributed by atoms with Gasteiger partial charge in [-0.15, -0.1) is 18.9 Å². The highest BCUT2D eigenvalue weighted by Gasteiger charge is 2.18. The van der Waals surface area contributed by atoms with Gasteiger partial charge in [-0.2, -0.15) is 0 Å². The molecule has 12 heavy (non-hydrogen) atoms. The van der Waals surface area contributed by atoms with Gasteiger partial charge in [0.05, 0.1) is 0 Å². The molecule has 1 nitrogen and oxygen atoms in total. The molecule has 0 aromatic rings. The van der Waals surface area contributed by atoms with Crippen LogP contribution in [0.2, 0.25) is 0 Å². The first-order chi connectivity index (χ1) is 5.88. The van der Waals surface area contributed by atoms with E-state index < -0.39 is 0 Å². The molecular formula is C11H17N. The maximum absolute atomic E-state index is 5.23. The summed E-state index contributed by atoms with van der Waals surface area (Å²) in [4.78, 5) is 2.44. The lowest BCUT2D eigenvalue weighted by Gasteiger charge is -2.33. The summed E-state index contributed by atoms with van der Waals surface area (Å²) in [6.45, 7) is 6.08. The molecule has 0 bridgehead atoms. The number of rotatable bonds is 3. The van der Waals surface area contributed by atoms with Crippen molar-refractivity contribution in [1.29, 1.82) is 0 Å². The van der Waals surface area contributed by atoms with Crippen LogP contribution in [0.25, 0.3) is 0 Å². The SMILES string of the molecule is C#CCCN1CCCCC1C=C. The summed E-state index contributed by atoms with van der Waals surface area (Å²) in [7, 11) is 0. The van der Waals surface area contributed by atoms with E-state index >= 15 is 0 Å². The predicted molar refractivity (Wildman–Crippen MR) is 52.9 cm³/mol. The summed E-state index contributed by atoms with van der Waals surface area (Å²) in [5.74, 6) is 2.68. The summed E-state index contributed by atoms with van der Waals surface area (Å²) < 4.78 is 0. The number of piperidine rings is 1. The van der Waals surface area contributed by atoms with Crippen LogP contribution in [0.4, 0.5) is 0 Å². The normalized spacial score (nSPS) is 24.8. The molecule has 0 saturated carbocycles. The quantitative estimate of drug-likeness (QED) is 0.454. The van der Waals surface area contributed by atoms with E-state index in [0.717, 1.165) is 13.0 Å². The van der Waals surface area contributed by atoms with Crippen LogP contribution in [0.3, 0.4) is 0 Å². The maximum atomic E-state index is 5.23. The van der Waals surface area contributed by atoms with Crippen LogP contribution in [0.1, 0.15) is 25.7 Å². The summed E-state index contributed by atoms with van der Waals surface area (Å²) in [5.41, 5.74) is 0. The van der Waals surface area contributed by atoms with Gasteiger partial charge in [0.25, 0.3) is 0 Å². The van der Waals surface area contributed by atoms with Crippen LogP contribution in [-0.2, 0) is 0 Å². The van der Waals surface area contributed by atoms with Crippen molar-refractivity contribution in [2.24, 2.45) is 0 Å². The Morgan fingerprint density at radius 1 is 1.58 bits per heavy atom. The molecule has 1 unspecified atom stereocenters. The van der Waals surface area contributed by atoms with Gasteiger partial charge in [-0.05, 0) is 19.4 Å². The Hall–Kier alpha value is -0.740. The van der Waals surface area contributed by atoms with Crippen LogP contribution in [0.5, 0.6) is 0 Å². The third kappa shape index (κ3) is 2.39. The Labute approximate surface area is 75.5 Å². The Morgan fingerprint density at radius 3 is 3.08 bits per heavy atom. The van der Waals surface area contributed by atoms with Gasteiger partial charge < -0.3 is 0 Å². The first-order valence-corrected chi connectivity index (χ1v) is 4.68. The summed E-state index contributed by atoms with van der Waals surface area (Å²) in [6.07, 6.45) is 12.1. The standard InChI is InChI=1S/C11H17N/c1-3-5-9-12-10-7-6-8-11(12)4-2/h1,4,11H,2,5-10H2. The highest BCUT2D eigenvalue weighted by atomic mass is 15.2. The fourth-order valence-corrected chi connectivity index (χ4v) is 1.77. The molecule has 0 aliphatic carbocycles. The number of hydrogen-bond donors (Lipinski definition) is 0. The number of hydrogen-bond acceptors (Lipinski definition) is 1. The largest absolute Gasteiger partial charge is 0.296 e. The lowest BCUT2D eigenvalue weighted by molar-refractivity contribution is 0.184. The highest BCUT2D eigenvalue weighted by Crippen LogP contribution is 2.17. The molecule has 1 aliphatic heterocycles. The smallest absolute Gasteiger partial charge is 0.0275 e. The average molecular weight is 163 g/mol. The van der Waals surface area contributed by atoms with Crippen LogP contribution in [0, 0.1) is 12.3 Å². The van der Waals surface area contributed by atoms with Crippen LogP contribution < -0.4 is 0 Å². The molecule has 66 valence electrons. The van der Waals surface area contributed by atoms with Gasteiger partial charge in [-0.1, -0.05) is 12.5 Å². The van der Waals surface area contributed by atoms with Crippen molar-refractivity contribution < 1.29 is 0 Å². The summed E-state index contributed by atoms with van der Waals surface area (Å²) in [5, 5.41) is 0. The van der Waals surface area contributed by atoms with Crippen molar-refractivity contribution in [2.45, 2.75) is 31.7 Å². The summed E-state index contributed by atoms with van der Waals surface area (Å²) in [6, 6.07) is 0.576. The molecule has 1 rings (SSSR count). The van der Waals surface area contributed by atoms with E-state index in [-0.39, 0.29) is 0 Å². The van der Waals surface area contributed by atoms with Crippen molar-refractivity contribution in [2.75, 3.05) is 13.1 Å². The third-order valence-corrected chi connectivity index (χ3v) is 2.48. The van der Waals surface area contributed by atoms with Crippen molar-refractivity contribution in [3.63, 3.8) is 0 Å². The molecule has 0 amide bonds. The lowest BCUT2D eigenvalue weighted by Crippen LogP contribution is -2.38. The van der Waals surface area contributed by atoms with Crippen LogP contribution in [0.15, 0.2) is 12.7 Å². The first kappa shape index (κ1) is 9.35. The second-order valence-electron chi connectivity index (χ2n) is 3.29. The lowest BCUT2D eigenvalue weighted by atomic mass is 10.0. The van der Waals surface area contributed by atoms with E-state index in [0.29, 0.717) is 6.04 Å². The Morgan fingerprint density at radius 2 is 2.42 bits per heavy atom. The Bertz CT molecular complexity index is 178. The zero-order chi connectivity index (χ0) is 8.81. The zero-order valence-corrected chi connectivity index (χ0v) is 7.63. The molecule has 0 radical (unpaired) electrons. The predicted octanol–water partition coefficient (Wildman–Crippen LogP) is 2.05. The number of likely N-dealkylation sites (tertiary alicyclic amines) is 1. The molecule has 1 heterocycles. The van der Waals surface area contributed by atoms with Gasteiger partial charge >= 0.3 is 0 Å². The van der Waals surface area contributed by atoms with Gasteiger partial charge in [0.2, 0.25) is 0 Å². The monoisotopic (exact) mass is 163 g/mol. The van der Waals surface area contributed by atoms with Gasteiger partial charge in [-0.25, -0.2) is 0 Å². The minimum absolute atomic E-state index is 0.576. The van der Waals surface area contributed by atoms with E-state index in [9.17, 15) is 0 Å². The number of nitrogens with zero attached hydrogens (tertiary/aromatic N) is 1. The average Bonchev–Trinajstić information content (AvgIpc) is 2.15. The van der Waals surface area contributed by atoms with Crippen molar-refractivity contribution >= 4 is 0 Å². The topological polar surface area (TPSA) is 3.24 Å². The minimum atomic E-state index is 0.576. The van der Waals surface area contributed by atoms with Crippen molar-refractivity contribution in [3.05, 3.63) is 12.7 Å². The van der Waals surface area contributed by atoms with Crippen LogP contribution >= 0.6 is 0 Å². The molecule has 1 heteroatoms. The van der Waals surface area contributed by atoms with Crippen molar-refractivity contribution in [1.82, 2.24) is 4.90 Å². The molecule has 0 aromatic carbocycles. The van der Waals surface area contributed by atoms with E-state index in [1.54, 1.807) is 0 Å². The molecule has 1 aliphatic rings. The molecule has 1 fully saturated rings. The fourth-order valence-electron chi connectivity index (χ4n) is 1.77. The van der Waals surface area contributed by atoms with Gasteiger partial charge in [-0.3, -0.25) is 4.90 Å². The van der Waals surface area contributed by atoms with Gasteiger partial charge in [0, 0.05) is 19.0 Å². The zero-order valence-electron chi connectivity index (χ0n) is 7.63. The molecule has 0 spiro atoms. The van der Waals surface area contributed by atoms with Crippen LogP contribution in [-0.4, -0.2) is 24.0 Å². The molecular weight excluding hydrogens is 146 g/mol. The van der Waals surface area contributed by atoms with Gasteiger partial charge in [0.15, 0.2) is 0 Å². The Kier molecular flexibility index (Phi) is 3.90. The molecule has 0 N–H and O–H groups in total. The molecule has 1 atom stereocenters. The number of terminal acetylenes is 1. The molecule has 1 saturated heterocycles. The minimum Gasteiger partial charge on any atom is -0.296 e. The fraction of sp³-hybridized carbons (Fsp3) is 0.636. The molecule has 0 aromatic heterocycles. The van der Waals surface area contributed by atoms with E-state index in [4.69, 9.17) is 6.42 Å². The van der Waals surface area contributed by atoms with Crippen molar-refractivity contribution in [3.8, 4) is 12.3 Å². The second kappa shape index (κ2) is 5.00.